The summed E-state index contributed by atoms with van der Waals surface area (Å²) in [6.07, 6.45) is 3.71. The lowest BCUT2D eigenvalue weighted by Gasteiger charge is -2.29. The van der Waals surface area contributed by atoms with E-state index in [2.05, 4.69) is 4.90 Å². The second-order valence-corrected chi connectivity index (χ2v) is 5.01. The normalized spacial score (nSPS) is 19.1. The van der Waals surface area contributed by atoms with Gasteiger partial charge in [-0.2, -0.15) is 0 Å². The number of carbonyl (C=O) groups excluding carboxylic acids is 1. The molecule has 1 atom stereocenters. The summed E-state index contributed by atoms with van der Waals surface area (Å²) >= 11 is 0. The summed E-state index contributed by atoms with van der Waals surface area (Å²) in [4.78, 5) is 13.1. The Morgan fingerprint density at radius 2 is 2.26 bits per heavy atom. The zero-order chi connectivity index (χ0) is 13.8. The number of nitrogen functional groups attached to an aromatic ring is 1. The number of amides is 1. The lowest BCUT2D eigenvalue weighted by molar-refractivity contribution is 0.0216. The van der Waals surface area contributed by atoms with Gasteiger partial charge in [0.05, 0.1) is 17.5 Å². The topological polar surface area (TPSA) is 81.6 Å². The number of anilines is 2. The van der Waals surface area contributed by atoms with Gasteiger partial charge >= 0.3 is 0 Å². The number of carbonyl (C=O) groups is 1. The van der Waals surface area contributed by atoms with Gasteiger partial charge in [0.25, 0.3) is 0 Å². The van der Waals surface area contributed by atoms with Crippen LogP contribution in [0, 0.1) is 0 Å². The van der Waals surface area contributed by atoms with E-state index in [1.807, 2.05) is 13.1 Å². The molecule has 0 spiro atoms. The SMILES string of the molecule is CN(CC1CCCCO1)c1ccc(C(N)=O)cc1N. The molecule has 1 aromatic rings. The molecule has 1 aliphatic rings. The van der Waals surface area contributed by atoms with Crippen LogP contribution < -0.4 is 16.4 Å². The van der Waals surface area contributed by atoms with E-state index in [1.54, 1.807) is 12.1 Å². The molecular formula is C14H21N3O2. The lowest BCUT2D eigenvalue weighted by Crippen LogP contribution is -2.33. The van der Waals surface area contributed by atoms with Gasteiger partial charge < -0.3 is 21.1 Å². The molecule has 1 unspecified atom stereocenters. The van der Waals surface area contributed by atoms with Gasteiger partial charge in [0, 0.05) is 25.8 Å². The Hall–Kier alpha value is -1.75. The van der Waals surface area contributed by atoms with E-state index in [4.69, 9.17) is 16.2 Å². The highest BCUT2D eigenvalue weighted by Crippen LogP contribution is 2.25. The van der Waals surface area contributed by atoms with Gasteiger partial charge in [-0.05, 0) is 37.5 Å². The van der Waals surface area contributed by atoms with Crippen LogP contribution in [0.4, 0.5) is 11.4 Å². The lowest BCUT2D eigenvalue weighted by atomic mass is 10.1. The Morgan fingerprint density at radius 3 is 2.84 bits per heavy atom. The molecule has 19 heavy (non-hydrogen) atoms. The third-order valence-electron chi connectivity index (χ3n) is 3.47. The Labute approximate surface area is 113 Å². The molecule has 0 saturated carbocycles. The summed E-state index contributed by atoms with van der Waals surface area (Å²) in [6.45, 7) is 1.65. The molecule has 0 aromatic heterocycles. The van der Waals surface area contributed by atoms with Crippen molar-refractivity contribution in [1.82, 2.24) is 0 Å². The average molecular weight is 263 g/mol. The molecule has 0 aliphatic carbocycles. The first-order valence-electron chi connectivity index (χ1n) is 6.60. The minimum atomic E-state index is -0.462. The van der Waals surface area contributed by atoms with Crippen LogP contribution in [-0.2, 0) is 4.74 Å². The van der Waals surface area contributed by atoms with Crippen molar-refractivity contribution in [2.24, 2.45) is 5.73 Å². The van der Waals surface area contributed by atoms with E-state index in [0.29, 0.717) is 11.3 Å². The number of nitrogens with two attached hydrogens (primary N) is 2. The number of hydrogen-bond acceptors (Lipinski definition) is 4. The monoisotopic (exact) mass is 263 g/mol. The molecule has 1 aliphatic heterocycles. The molecule has 1 aromatic carbocycles. The third kappa shape index (κ3) is 3.38. The smallest absolute Gasteiger partial charge is 0.248 e. The maximum atomic E-state index is 11.1. The zero-order valence-corrected chi connectivity index (χ0v) is 11.3. The number of ether oxygens (including phenoxy) is 1. The van der Waals surface area contributed by atoms with Gasteiger partial charge in [0.2, 0.25) is 5.91 Å². The standard InChI is InChI=1S/C14H21N3O2/c1-17(9-11-4-2-3-7-19-11)13-6-5-10(14(16)18)8-12(13)15/h5-6,8,11H,2-4,7,9,15H2,1H3,(H2,16,18). The van der Waals surface area contributed by atoms with Gasteiger partial charge in [-0.15, -0.1) is 0 Å². The Kier molecular flexibility index (Phi) is 4.27. The van der Waals surface area contributed by atoms with Crippen LogP contribution in [0.5, 0.6) is 0 Å². The predicted octanol–water partition coefficient (Wildman–Crippen LogP) is 1.37. The van der Waals surface area contributed by atoms with Crippen LogP contribution >= 0.6 is 0 Å². The minimum absolute atomic E-state index is 0.258. The van der Waals surface area contributed by atoms with Crippen molar-refractivity contribution < 1.29 is 9.53 Å². The number of nitrogens with zero attached hydrogens (tertiary/aromatic N) is 1. The number of hydrogen-bond donors (Lipinski definition) is 2. The summed E-state index contributed by atoms with van der Waals surface area (Å²) < 4.78 is 5.72. The minimum Gasteiger partial charge on any atom is -0.397 e. The summed E-state index contributed by atoms with van der Waals surface area (Å²) in [7, 11) is 1.98. The molecular weight excluding hydrogens is 242 g/mol. The third-order valence-corrected chi connectivity index (χ3v) is 3.47. The first-order chi connectivity index (χ1) is 9.08. The fourth-order valence-corrected chi connectivity index (χ4v) is 2.41. The predicted molar refractivity (Wildman–Crippen MR) is 76.2 cm³/mol. The molecule has 1 saturated heterocycles. The molecule has 1 fully saturated rings. The molecule has 1 amide bonds. The van der Waals surface area contributed by atoms with Crippen molar-refractivity contribution in [3.05, 3.63) is 23.8 Å². The number of primary amides is 1. The largest absolute Gasteiger partial charge is 0.397 e. The molecule has 5 nitrogen and oxygen atoms in total. The number of rotatable bonds is 4. The highest BCUT2D eigenvalue weighted by atomic mass is 16.5. The van der Waals surface area contributed by atoms with Gasteiger partial charge in [-0.3, -0.25) is 4.79 Å². The van der Waals surface area contributed by atoms with Crippen LogP contribution in [0.2, 0.25) is 0 Å². The fraction of sp³-hybridized carbons (Fsp3) is 0.500. The van der Waals surface area contributed by atoms with Crippen molar-refractivity contribution in [2.45, 2.75) is 25.4 Å². The summed E-state index contributed by atoms with van der Waals surface area (Å²) in [6, 6.07) is 5.15. The number of likely N-dealkylation sites (N-methyl/N-ethyl adjacent to an activating group) is 1. The molecule has 0 radical (unpaired) electrons. The van der Waals surface area contributed by atoms with Crippen molar-refractivity contribution in [1.29, 1.82) is 0 Å². The first kappa shape index (κ1) is 13.7. The second kappa shape index (κ2) is 5.93. The molecule has 2 rings (SSSR count). The van der Waals surface area contributed by atoms with Crippen LogP contribution in [0.3, 0.4) is 0 Å². The van der Waals surface area contributed by atoms with E-state index in [9.17, 15) is 4.79 Å². The molecule has 4 N–H and O–H groups in total. The molecule has 5 heteroatoms. The maximum absolute atomic E-state index is 11.1. The van der Waals surface area contributed by atoms with Crippen LogP contribution in [0.25, 0.3) is 0 Å². The molecule has 1 heterocycles. The molecule has 104 valence electrons. The van der Waals surface area contributed by atoms with Crippen LogP contribution in [0.15, 0.2) is 18.2 Å². The maximum Gasteiger partial charge on any atom is 0.248 e. The Morgan fingerprint density at radius 1 is 1.47 bits per heavy atom. The highest BCUT2D eigenvalue weighted by molar-refractivity contribution is 5.94. The van der Waals surface area contributed by atoms with Crippen molar-refractivity contribution in [3.8, 4) is 0 Å². The van der Waals surface area contributed by atoms with Gasteiger partial charge in [-0.25, -0.2) is 0 Å². The van der Waals surface area contributed by atoms with Crippen LogP contribution in [0.1, 0.15) is 29.6 Å². The van der Waals surface area contributed by atoms with E-state index in [-0.39, 0.29) is 6.10 Å². The number of benzene rings is 1. The van der Waals surface area contributed by atoms with Crippen molar-refractivity contribution in [3.63, 3.8) is 0 Å². The fourth-order valence-electron chi connectivity index (χ4n) is 2.41. The van der Waals surface area contributed by atoms with Gasteiger partial charge in [0.15, 0.2) is 0 Å². The Balaban J connectivity index is 2.05. The summed E-state index contributed by atoms with van der Waals surface area (Å²) in [5.74, 6) is -0.462. The second-order valence-electron chi connectivity index (χ2n) is 5.01. The quantitative estimate of drug-likeness (QED) is 0.804. The summed E-state index contributed by atoms with van der Waals surface area (Å²) in [5, 5.41) is 0. The van der Waals surface area contributed by atoms with E-state index < -0.39 is 5.91 Å². The first-order valence-corrected chi connectivity index (χ1v) is 6.60. The van der Waals surface area contributed by atoms with Gasteiger partial charge in [0.1, 0.15) is 0 Å². The zero-order valence-electron chi connectivity index (χ0n) is 11.3. The Bertz CT molecular complexity index is 456. The molecule has 0 bridgehead atoms. The van der Waals surface area contributed by atoms with E-state index >= 15 is 0 Å². The van der Waals surface area contributed by atoms with E-state index in [1.165, 1.54) is 6.42 Å². The average Bonchev–Trinajstić information content (AvgIpc) is 2.39. The van der Waals surface area contributed by atoms with E-state index in [0.717, 1.165) is 31.7 Å². The van der Waals surface area contributed by atoms with Crippen molar-refractivity contribution >= 4 is 17.3 Å². The van der Waals surface area contributed by atoms with Gasteiger partial charge in [-0.1, -0.05) is 0 Å². The van der Waals surface area contributed by atoms with Crippen LogP contribution in [-0.4, -0.2) is 32.2 Å². The van der Waals surface area contributed by atoms with Crippen molar-refractivity contribution in [2.75, 3.05) is 30.8 Å². The highest BCUT2D eigenvalue weighted by Gasteiger charge is 2.17. The summed E-state index contributed by atoms with van der Waals surface area (Å²) in [5.41, 5.74) is 13.1.